The van der Waals surface area contributed by atoms with Crippen LogP contribution in [0.1, 0.15) is 34.1 Å². The zero-order valence-electron chi connectivity index (χ0n) is 11.4. The van der Waals surface area contributed by atoms with E-state index in [1.54, 1.807) is 0 Å². The number of hydrogen-bond acceptors (Lipinski definition) is 3. The number of hydrogen-bond donors (Lipinski definition) is 2. The van der Waals surface area contributed by atoms with E-state index in [2.05, 4.69) is 10.4 Å². The minimum atomic E-state index is -0.444. The molecule has 1 unspecified atom stereocenters. The van der Waals surface area contributed by atoms with Crippen molar-refractivity contribution < 1.29 is 4.39 Å². The predicted molar refractivity (Wildman–Crippen MR) is 74.0 cm³/mol. The molecule has 0 radical (unpaired) electrons. The lowest BCUT2D eigenvalue weighted by Crippen LogP contribution is -2.31. The van der Waals surface area contributed by atoms with Gasteiger partial charge in [-0.05, 0) is 50.1 Å². The zero-order valence-corrected chi connectivity index (χ0v) is 11.4. The molecule has 1 aromatic heterocycles. The third kappa shape index (κ3) is 2.80. The Morgan fingerprint density at radius 1 is 1.21 bits per heavy atom. The Hall–Kier alpha value is -1.78. The van der Waals surface area contributed by atoms with Crippen molar-refractivity contribution in [1.82, 2.24) is 10.4 Å². The lowest BCUT2D eigenvalue weighted by molar-refractivity contribution is 0.548. The van der Waals surface area contributed by atoms with Gasteiger partial charge in [0.2, 0.25) is 0 Å². The quantitative estimate of drug-likeness (QED) is 0.658. The second-order valence-corrected chi connectivity index (χ2v) is 4.78. The third-order valence-electron chi connectivity index (χ3n) is 3.14. The molecule has 19 heavy (non-hydrogen) atoms. The fraction of sp³-hybridized carbons (Fsp3) is 0.267. The van der Waals surface area contributed by atoms with Gasteiger partial charge < -0.3 is 0 Å². The smallest absolute Gasteiger partial charge is 0.128 e. The number of benzene rings is 1. The van der Waals surface area contributed by atoms with E-state index >= 15 is 0 Å². The van der Waals surface area contributed by atoms with Gasteiger partial charge in [-0.1, -0.05) is 12.1 Å². The Bertz CT molecular complexity index is 573. The summed E-state index contributed by atoms with van der Waals surface area (Å²) in [7, 11) is 0. The number of aromatic nitrogens is 1. The van der Waals surface area contributed by atoms with Crippen molar-refractivity contribution in [3.05, 3.63) is 64.2 Å². The van der Waals surface area contributed by atoms with Gasteiger partial charge in [-0.25, -0.2) is 9.82 Å². The van der Waals surface area contributed by atoms with Crippen molar-refractivity contribution in [3.8, 4) is 0 Å². The Balaban J connectivity index is 2.54. The molecule has 4 heteroatoms. The molecule has 100 valence electrons. The molecular formula is C15H18FN3. The molecule has 2 rings (SSSR count). The van der Waals surface area contributed by atoms with Gasteiger partial charge in [0.05, 0.1) is 11.7 Å². The Kier molecular flexibility index (Phi) is 3.93. The van der Waals surface area contributed by atoms with Crippen LogP contribution in [-0.2, 0) is 0 Å². The van der Waals surface area contributed by atoms with Gasteiger partial charge in [-0.2, -0.15) is 0 Å². The molecule has 0 aliphatic carbocycles. The third-order valence-corrected chi connectivity index (χ3v) is 3.14. The minimum absolute atomic E-state index is 0.260. The van der Waals surface area contributed by atoms with E-state index in [0.29, 0.717) is 11.3 Å². The summed E-state index contributed by atoms with van der Waals surface area (Å²) in [4.78, 5) is 4.42. The first kappa shape index (κ1) is 13.6. The molecule has 0 amide bonds. The van der Waals surface area contributed by atoms with E-state index in [9.17, 15) is 4.39 Å². The number of hydrazine groups is 1. The number of nitrogens with one attached hydrogen (secondary N) is 1. The van der Waals surface area contributed by atoms with E-state index in [-0.39, 0.29) is 5.82 Å². The topological polar surface area (TPSA) is 50.9 Å². The first-order valence-corrected chi connectivity index (χ1v) is 6.19. The summed E-state index contributed by atoms with van der Waals surface area (Å²) in [6.45, 7) is 5.65. The molecule has 2 aromatic rings. The maximum Gasteiger partial charge on any atom is 0.128 e. The molecule has 0 saturated carbocycles. The molecule has 0 fully saturated rings. The van der Waals surface area contributed by atoms with Crippen molar-refractivity contribution in [2.75, 3.05) is 0 Å². The number of rotatable bonds is 3. The number of nitrogens with zero attached hydrogens (tertiary/aromatic N) is 1. The van der Waals surface area contributed by atoms with Crippen molar-refractivity contribution in [3.63, 3.8) is 0 Å². The van der Waals surface area contributed by atoms with Gasteiger partial charge in [0, 0.05) is 11.3 Å². The summed E-state index contributed by atoms with van der Waals surface area (Å²) in [6.07, 6.45) is 0. The molecule has 0 aliphatic heterocycles. The molecule has 1 heterocycles. The Labute approximate surface area is 112 Å². The van der Waals surface area contributed by atoms with E-state index in [4.69, 9.17) is 5.84 Å². The highest BCUT2D eigenvalue weighted by molar-refractivity contribution is 5.38. The second kappa shape index (κ2) is 5.47. The maximum absolute atomic E-state index is 14.2. The number of pyridine rings is 1. The van der Waals surface area contributed by atoms with E-state index in [0.717, 1.165) is 16.8 Å². The number of aryl methyl sites for hydroxylation is 3. The second-order valence-electron chi connectivity index (χ2n) is 4.78. The van der Waals surface area contributed by atoms with Gasteiger partial charge in [0.1, 0.15) is 5.82 Å². The highest BCUT2D eigenvalue weighted by Gasteiger charge is 2.20. The predicted octanol–water partition coefficient (Wildman–Crippen LogP) is 2.70. The molecule has 0 aliphatic rings. The van der Waals surface area contributed by atoms with Crippen molar-refractivity contribution in [2.24, 2.45) is 5.84 Å². The number of halogens is 1. The molecule has 1 aromatic carbocycles. The van der Waals surface area contributed by atoms with Crippen LogP contribution in [0.15, 0.2) is 30.3 Å². The van der Waals surface area contributed by atoms with Crippen LogP contribution in [0.2, 0.25) is 0 Å². The molecule has 3 N–H and O–H groups in total. The molecule has 3 nitrogen and oxygen atoms in total. The van der Waals surface area contributed by atoms with Crippen molar-refractivity contribution >= 4 is 0 Å². The lowest BCUT2D eigenvalue weighted by atomic mass is 9.96. The molecule has 1 atom stereocenters. The minimum Gasteiger partial charge on any atom is -0.271 e. The van der Waals surface area contributed by atoms with Crippen molar-refractivity contribution in [2.45, 2.75) is 26.8 Å². The summed E-state index contributed by atoms with van der Waals surface area (Å²) in [5, 5.41) is 0. The molecule has 0 spiro atoms. The largest absolute Gasteiger partial charge is 0.271 e. The average Bonchev–Trinajstić information content (AvgIpc) is 2.33. The van der Waals surface area contributed by atoms with Crippen LogP contribution < -0.4 is 11.3 Å². The maximum atomic E-state index is 14.2. The lowest BCUT2D eigenvalue weighted by Gasteiger charge is -2.19. The van der Waals surface area contributed by atoms with Gasteiger partial charge in [-0.3, -0.25) is 10.8 Å². The van der Waals surface area contributed by atoms with Crippen LogP contribution in [0.25, 0.3) is 0 Å². The SMILES string of the molecule is Cc1cc(C)c(C(NN)c2cccc(C)n2)c(F)c1. The fourth-order valence-corrected chi connectivity index (χ4v) is 2.33. The van der Waals surface area contributed by atoms with Crippen LogP contribution in [0.5, 0.6) is 0 Å². The average molecular weight is 259 g/mol. The summed E-state index contributed by atoms with van der Waals surface area (Å²) in [5.74, 6) is 5.35. The Morgan fingerprint density at radius 3 is 2.53 bits per heavy atom. The van der Waals surface area contributed by atoms with E-state index in [1.165, 1.54) is 6.07 Å². The summed E-state index contributed by atoms with van der Waals surface area (Å²) in [5.41, 5.74) is 6.56. The van der Waals surface area contributed by atoms with Gasteiger partial charge >= 0.3 is 0 Å². The first-order chi connectivity index (χ1) is 9.02. The summed E-state index contributed by atoms with van der Waals surface area (Å²) in [6, 6.07) is 8.65. The summed E-state index contributed by atoms with van der Waals surface area (Å²) >= 11 is 0. The first-order valence-electron chi connectivity index (χ1n) is 6.19. The standard InChI is InChI=1S/C15H18FN3/c1-9-7-10(2)14(12(16)8-9)15(19-17)13-6-4-5-11(3)18-13/h4-8,15,19H,17H2,1-3H3. The molecule has 0 bridgehead atoms. The molecule has 0 saturated heterocycles. The highest BCUT2D eigenvalue weighted by Crippen LogP contribution is 2.26. The van der Waals surface area contributed by atoms with Crippen LogP contribution in [0, 0.1) is 26.6 Å². The zero-order chi connectivity index (χ0) is 14.0. The van der Waals surface area contributed by atoms with Gasteiger partial charge in [0.15, 0.2) is 0 Å². The molecular weight excluding hydrogens is 241 g/mol. The van der Waals surface area contributed by atoms with Crippen LogP contribution >= 0.6 is 0 Å². The van der Waals surface area contributed by atoms with E-state index < -0.39 is 6.04 Å². The van der Waals surface area contributed by atoms with Gasteiger partial charge in [0.25, 0.3) is 0 Å². The van der Waals surface area contributed by atoms with Crippen LogP contribution in [-0.4, -0.2) is 4.98 Å². The fourth-order valence-electron chi connectivity index (χ4n) is 2.33. The van der Waals surface area contributed by atoms with Crippen LogP contribution in [0.3, 0.4) is 0 Å². The normalized spacial score (nSPS) is 12.5. The van der Waals surface area contributed by atoms with Crippen LogP contribution in [0.4, 0.5) is 4.39 Å². The van der Waals surface area contributed by atoms with E-state index in [1.807, 2.05) is 45.0 Å². The Morgan fingerprint density at radius 2 is 1.95 bits per heavy atom. The monoisotopic (exact) mass is 259 g/mol. The number of nitrogens with two attached hydrogens (primary N) is 1. The summed E-state index contributed by atoms with van der Waals surface area (Å²) < 4.78 is 14.2. The van der Waals surface area contributed by atoms with Gasteiger partial charge in [-0.15, -0.1) is 0 Å². The highest BCUT2D eigenvalue weighted by atomic mass is 19.1. The van der Waals surface area contributed by atoms with Crippen molar-refractivity contribution in [1.29, 1.82) is 0 Å².